The molecule has 2 fully saturated rings. The first-order chi connectivity index (χ1) is 17.2. The van der Waals surface area contributed by atoms with E-state index in [0.29, 0.717) is 11.4 Å². The Morgan fingerprint density at radius 3 is 1.86 bits per heavy atom. The van der Waals surface area contributed by atoms with Crippen LogP contribution < -0.4 is 31.1 Å². The van der Waals surface area contributed by atoms with E-state index in [1.807, 2.05) is 12.1 Å². The lowest BCUT2D eigenvalue weighted by Gasteiger charge is -2.30. The van der Waals surface area contributed by atoms with E-state index < -0.39 is 0 Å². The maximum atomic E-state index is 12.9. The van der Waals surface area contributed by atoms with Gasteiger partial charge in [-0.05, 0) is 12.1 Å². The van der Waals surface area contributed by atoms with Gasteiger partial charge in [0.2, 0.25) is 0 Å². The Morgan fingerprint density at radius 2 is 1.31 bits per heavy atom. The molecule has 35 heavy (non-hydrogen) atoms. The van der Waals surface area contributed by atoms with Crippen LogP contribution in [0, 0.1) is 0 Å². The third-order valence-electron chi connectivity index (χ3n) is 5.94. The predicted octanol–water partition coefficient (Wildman–Crippen LogP) is 1.26. The van der Waals surface area contributed by atoms with Gasteiger partial charge >= 0.3 is 0 Å². The van der Waals surface area contributed by atoms with Crippen molar-refractivity contribution in [2.75, 3.05) is 72.8 Å². The van der Waals surface area contributed by atoms with Gasteiger partial charge < -0.3 is 31.1 Å². The molecule has 5 rings (SSSR count). The summed E-state index contributed by atoms with van der Waals surface area (Å²) in [6.45, 7) is 6.91. The van der Waals surface area contributed by atoms with E-state index in [2.05, 4.69) is 46.0 Å². The molecule has 2 aliphatic heterocycles. The summed E-state index contributed by atoms with van der Waals surface area (Å²) >= 11 is 1.13. The number of carbonyl (C=O) groups is 2. The highest BCUT2D eigenvalue weighted by Crippen LogP contribution is 2.27. The zero-order chi connectivity index (χ0) is 24.0. The molecule has 0 saturated carbocycles. The van der Waals surface area contributed by atoms with Crippen molar-refractivity contribution in [1.82, 2.24) is 25.6 Å². The van der Waals surface area contributed by atoms with Crippen molar-refractivity contribution in [2.45, 2.75) is 0 Å². The van der Waals surface area contributed by atoms with E-state index in [1.165, 1.54) is 0 Å². The average Bonchev–Trinajstić information content (AvgIpc) is 3.41. The van der Waals surface area contributed by atoms with Crippen molar-refractivity contribution in [1.29, 1.82) is 0 Å². The number of piperazine rings is 2. The van der Waals surface area contributed by atoms with Crippen molar-refractivity contribution < 1.29 is 9.59 Å². The first-order valence-electron chi connectivity index (χ1n) is 11.6. The van der Waals surface area contributed by atoms with Crippen LogP contribution in [-0.2, 0) is 0 Å². The minimum absolute atomic E-state index is 0.184. The quantitative estimate of drug-likeness (QED) is 0.401. The van der Waals surface area contributed by atoms with Gasteiger partial charge in [0.1, 0.15) is 5.69 Å². The molecular weight excluding hydrogens is 466 g/mol. The second-order valence-corrected chi connectivity index (χ2v) is 9.06. The third kappa shape index (κ3) is 5.39. The van der Waals surface area contributed by atoms with Crippen LogP contribution in [0.25, 0.3) is 0 Å². The van der Waals surface area contributed by atoms with Gasteiger partial charge in [0.05, 0.1) is 35.1 Å². The molecule has 0 atom stereocenters. The number of hydrogen-bond acceptors (Lipinski definition) is 10. The van der Waals surface area contributed by atoms with E-state index in [9.17, 15) is 9.59 Å². The second-order valence-electron chi connectivity index (χ2n) is 8.21. The predicted molar refractivity (Wildman–Crippen MR) is 137 cm³/mol. The first-order valence-corrected chi connectivity index (χ1v) is 12.4. The Hall–Kier alpha value is -3.61. The average molecular weight is 494 g/mol. The molecule has 182 valence electrons. The zero-order valence-corrected chi connectivity index (χ0v) is 20.0. The van der Waals surface area contributed by atoms with Crippen molar-refractivity contribution >= 4 is 45.9 Å². The standard InChI is InChI=1S/C23H27N9O2S/c33-21(28-16-13-26-3-1-19(16)31-9-5-24-6-10-31)18-15-35-23(30-18)22(34)29-17-14-27-4-2-20(17)32-11-7-25-8-12-32/h1-4,13-15,24-25H,5-12H2,(H,28,33)(H,29,34). The minimum Gasteiger partial charge on any atom is -0.367 e. The summed E-state index contributed by atoms with van der Waals surface area (Å²) in [6, 6.07) is 3.79. The van der Waals surface area contributed by atoms with Gasteiger partial charge in [-0.3, -0.25) is 19.6 Å². The van der Waals surface area contributed by atoms with Gasteiger partial charge in [-0.1, -0.05) is 0 Å². The molecule has 4 N–H and O–H groups in total. The first kappa shape index (κ1) is 23.1. The highest BCUT2D eigenvalue weighted by Gasteiger charge is 2.21. The summed E-state index contributed by atoms with van der Waals surface area (Å²) in [5, 5.41) is 14.3. The van der Waals surface area contributed by atoms with Crippen LogP contribution >= 0.6 is 11.3 Å². The fourth-order valence-electron chi connectivity index (χ4n) is 4.17. The lowest BCUT2D eigenvalue weighted by molar-refractivity contribution is 0.102. The second kappa shape index (κ2) is 10.8. The Bertz CT molecular complexity index is 1100. The van der Waals surface area contributed by atoms with Gasteiger partial charge in [0.25, 0.3) is 11.8 Å². The van der Waals surface area contributed by atoms with Gasteiger partial charge in [0.15, 0.2) is 5.01 Å². The summed E-state index contributed by atoms with van der Waals surface area (Å²) < 4.78 is 0. The van der Waals surface area contributed by atoms with Crippen LogP contribution in [0.2, 0.25) is 0 Å². The molecule has 0 spiro atoms. The zero-order valence-electron chi connectivity index (χ0n) is 19.2. The van der Waals surface area contributed by atoms with Crippen molar-refractivity contribution in [3.8, 4) is 0 Å². The number of carbonyl (C=O) groups excluding carboxylic acids is 2. The third-order valence-corrected chi connectivity index (χ3v) is 6.78. The number of hydrogen-bond donors (Lipinski definition) is 4. The van der Waals surface area contributed by atoms with E-state index in [1.54, 1.807) is 30.2 Å². The molecule has 2 amide bonds. The van der Waals surface area contributed by atoms with Crippen LogP contribution in [0.3, 0.4) is 0 Å². The minimum atomic E-state index is -0.382. The Kier molecular flexibility index (Phi) is 7.12. The fraction of sp³-hybridized carbons (Fsp3) is 0.348. The van der Waals surface area contributed by atoms with Gasteiger partial charge in [-0.2, -0.15) is 0 Å². The molecule has 2 aliphatic rings. The highest BCUT2D eigenvalue weighted by atomic mass is 32.1. The van der Waals surface area contributed by atoms with E-state index in [-0.39, 0.29) is 22.5 Å². The molecule has 3 aromatic rings. The lowest BCUT2D eigenvalue weighted by atomic mass is 10.2. The summed E-state index contributed by atoms with van der Waals surface area (Å²) in [5.41, 5.74) is 3.26. The van der Waals surface area contributed by atoms with Crippen LogP contribution in [0.4, 0.5) is 22.7 Å². The Morgan fingerprint density at radius 1 is 0.800 bits per heavy atom. The number of thiazole rings is 1. The van der Waals surface area contributed by atoms with Crippen LogP contribution in [0.5, 0.6) is 0 Å². The number of aromatic nitrogens is 3. The van der Waals surface area contributed by atoms with E-state index in [4.69, 9.17) is 0 Å². The summed E-state index contributed by atoms with van der Waals surface area (Å²) in [7, 11) is 0. The molecule has 12 heteroatoms. The number of nitrogens with zero attached hydrogens (tertiary/aromatic N) is 5. The van der Waals surface area contributed by atoms with E-state index in [0.717, 1.165) is 75.1 Å². The molecule has 11 nitrogen and oxygen atoms in total. The molecule has 2 saturated heterocycles. The molecule has 3 aromatic heterocycles. The van der Waals surface area contributed by atoms with E-state index >= 15 is 0 Å². The maximum absolute atomic E-state index is 12.9. The monoisotopic (exact) mass is 493 g/mol. The number of amides is 2. The molecular formula is C23H27N9O2S. The molecule has 5 heterocycles. The highest BCUT2D eigenvalue weighted by molar-refractivity contribution is 7.12. The normalized spacial score (nSPS) is 16.1. The number of nitrogens with one attached hydrogen (secondary N) is 4. The lowest BCUT2D eigenvalue weighted by Crippen LogP contribution is -2.43. The largest absolute Gasteiger partial charge is 0.367 e. The number of anilines is 4. The van der Waals surface area contributed by atoms with Crippen LogP contribution in [0.1, 0.15) is 20.3 Å². The molecule has 0 unspecified atom stereocenters. The molecule has 0 aliphatic carbocycles. The van der Waals surface area contributed by atoms with Crippen LogP contribution in [-0.4, -0.2) is 79.1 Å². The molecule has 0 bridgehead atoms. The maximum Gasteiger partial charge on any atom is 0.284 e. The Labute approximate surface area is 207 Å². The van der Waals surface area contributed by atoms with Gasteiger partial charge in [0, 0.05) is 70.1 Å². The molecule has 0 aromatic carbocycles. The number of pyridine rings is 2. The van der Waals surface area contributed by atoms with Gasteiger partial charge in [-0.25, -0.2) is 4.98 Å². The summed E-state index contributed by atoms with van der Waals surface area (Å²) in [6.07, 6.45) is 6.70. The van der Waals surface area contributed by atoms with Gasteiger partial charge in [-0.15, -0.1) is 11.3 Å². The summed E-state index contributed by atoms with van der Waals surface area (Å²) in [4.78, 5) is 42.9. The van der Waals surface area contributed by atoms with Crippen molar-refractivity contribution in [3.63, 3.8) is 0 Å². The summed E-state index contributed by atoms with van der Waals surface area (Å²) in [5.74, 6) is -0.756. The fourth-order valence-corrected chi connectivity index (χ4v) is 4.87. The topological polar surface area (TPSA) is 127 Å². The van der Waals surface area contributed by atoms with Crippen LogP contribution in [0.15, 0.2) is 42.3 Å². The van der Waals surface area contributed by atoms with Crippen molar-refractivity contribution in [3.05, 3.63) is 53.0 Å². The Balaban J connectivity index is 1.27. The molecule has 0 radical (unpaired) electrons. The SMILES string of the molecule is O=C(Nc1cnccc1N1CCNCC1)c1csc(C(=O)Nc2cnccc2N2CCNCC2)n1. The van der Waals surface area contributed by atoms with Crippen molar-refractivity contribution in [2.24, 2.45) is 0 Å². The smallest absolute Gasteiger partial charge is 0.284 e. The number of rotatable bonds is 6.